The third kappa shape index (κ3) is 2.92. The summed E-state index contributed by atoms with van der Waals surface area (Å²) in [4.78, 5) is 0. The molecule has 1 N–H and O–H groups in total. The third-order valence-corrected chi connectivity index (χ3v) is 4.49. The molecular formula is C16H21FO2. The molecule has 1 aliphatic carbocycles. The van der Waals surface area contributed by atoms with Crippen LogP contribution in [0.2, 0.25) is 0 Å². The van der Waals surface area contributed by atoms with Crippen molar-refractivity contribution in [3.05, 3.63) is 29.6 Å². The van der Waals surface area contributed by atoms with E-state index in [4.69, 9.17) is 4.74 Å². The number of rotatable bonds is 4. The Morgan fingerprint density at radius 2 is 2.11 bits per heavy atom. The highest BCUT2D eigenvalue weighted by Gasteiger charge is 2.27. The van der Waals surface area contributed by atoms with E-state index in [0.29, 0.717) is 5.92 Å². The van der Waals surface area contributed by atoms with Gasteiger partial charge in [0.1, 0.15) is 17.7 Å². The Balaban J connectivity index is 1.50. The first kappa shape index (κ1) is 12.9. The second kappa shape index (κ2) is 5.49. The minimum atomic E-state index is -0.200. The summed E-state index contributed by atoms with van der Waals surface area (Å²) in [6.07, 6.45) is 7.18. The predicted molar refractivity (Wildman–Crippen MR) is 71.7 cm³/mol. The van der Waals surface area contributed by atoms with Crippen molar-refractivity contribution < 1.29 is 14.2 Å². The zero-order chi connectivity index (χ0) is 13.2. The Morgan fingerprint density at radius 3 is 2.89 bits per heavy atom. The Hall–Kier alpha value is -1.09. The van der Waals surface area contributed by atoms with Crippen molar-refractivity contribution in [2.45, 2.75) is 57.2 Å². The van der Waals surface area contributed by atoms with E-state index in [1.165, 1.54) is 18.9 Å². The van der Waals surface area contributed by atoms with Crippen LogP contribution in [-0.4, -0.2) is 17.3 Å². The number of aliphatic hydroxyl groups is 1. The molecule has 0 spiro atoms. The van der Waals surface area contributed by atoms with Crippen LogP contribution in [-0.2, 0) is 6.42 Å². The lowest BCUT2D eigenvalue weighted by molar-refractivity contribution is 0.0852. The first-order chi connectivity index (χ1) is 9.22. The largest absolute Gasteiger partial charge is 0.490 e. The van der Waals surface area contributed by atoms with Crippen LogP contribution in [0.1, 0.15) is 44.1 Å². The minimum absolute atomic E-state index is 0.104. The highest BCUT2D eigenvalue weighted by atomic mass is 19.1. The Kier molecular flexibility index (Phi) is 3.74. The van der Waals surface area contributed by atoms with Crippen LogP contribution in [0.15, 0.2) is 18.2 Å². The molecule has 0 aromatic heterocycles. The second-order valence-corrected chi connectivity index (χ2v) is 5.89. The molecule has 1 fully saturated rings. The second-order valence-electron chi connectivity index (χ2n) is 5.89. The summed E-state index contributed by atoms with van der Waals surface area (Å²) < 4.78 is 18.9. The van der Waals surface area contributed by atoms with Gasteiger partial charge in [-0.1, -0.05) is 12.8 Å². The first-order valence-corrected chi connectivity index (χ1v) is 7.35. The van der Waals surface area contributed by atoms with Crippen molar-refractivity contribution in [2.24, 2.45) is 5.92 Å². The normalized spacial score (nSPS) is 24.2. The molecule has 1 aromatic rings. The van der Waals surface area contributed by atoms with Crippen LogP contribution in [0.25, 0.3) is 0 Å². The summed E-state index contributed by atoms with van der Waals surface area (Å²) in [5.41, 5.74) is 0.959. The zero-order valence-corrected chi connectivity index (χ0v) is 11.1. The van der Waals surface area contributed by atoms with Crippen molar-refractivity contribution >= 4 is 0 Å². The molecule has 2 aliphatic rings. The van der Waals surface area contributed by atoms with Gasteiger partial charge in [-0.3, -0.25) is 0 Å². The number of hydrogen-bond acceptors (Lipinski definition) is 2. The Bertz CT molecular complexity index is 440. The van der Waals surface area contributed by atoms with Gasteiger partial charge >= 0.3 is 0 Å². The third-order valence-electron chi connectivity index (χ3n) is 4.49. The Labute approximate surface area is 113 Å². The summed E-state index contributed by atoms with van der Waals surface area (Å²) in [6, 6.07) is 4.70. The molecule has 2 unspecified atom stereocenters. The fourth-order valence-electron chi connectivity index (χ4n) is 3.38. The lowest BCUT2D eigenvalue weighted by Gasteiger charge is -2.19. The summed E-state index contributed by atoms with van der Waals surface area (Å²) in [5, 5.41) is 10.2. The summed E-state index contributed by atoms with van der Waals surface area (Å²) >= 11 is 0. The van der Waals surface area contributed by atoms with Gasteiger partial charge < -0.3 is 9.84 Å². The lowest BCUT2D eigenvalue weighted by atomic mass is 9.95. The quantitative estimate of drug-likeness (QED) is 0.902. The van der Waals surface area contributed by atoms with Gasteiger partial charge in [-0.25, -0.2) is 4.39 Å². The molecule has 1 aromatic carbocycles. The number of benzene rings is 1. The molecule has 0 amide bonds. The summed E-state index contributed by atoms with van der Waals surface area (Å²) in [6.45, 7) is 0. The molecule has 1 saturated carbocycles. The highest BCUT2D eigenvalue weighted by molar-refractivity contribution is 5.37. The van der Waals surface area contributed by atoms with Crippen LogP contribution in [0, 0.1) is 11.7 Å². The molecule has 1 aliphatic heterocycles. The highest BCUT2D eigenvalue weighted by Crippen LogP contribution is 2.33. The van der Waals surface area contributed by atoms with Crippen molar-refractivity contribution in [1.82, 2.24) is 0 Å². The average molecular weight is 264 g/mol. The standard InChI is InChI=1S/C16H21FO2/c17-13-5-8-16-12(9-13)10-14(19-16)6-7-15(18)11-3-1-2-4-11/h5,8-9,11,14-15,18H,1-4,6-7,10H2. The fourth-order valence-corrected chi connectivity index (χ4v) is 3.38. The van der Waals surface area contributed by atoms with Gasteiger partial charge in [0, 0.05) is 12.0 Å². The SMILES string of the molecule is OC(CCC1Cc2cc(F)ccc2O1)C1CCCC1. The molecule has 0 radical (unpaired) electrons. The summed E-state index contributed by atoms with van der Waals surface area (Å²) in [7, 11) is 0. The Morgan fingerprint density at radius 1 is 1.32 bits per heavy atom. The minimum Gasteiger partial charge on any atom is -0.490 e. The van der Waals surface area contributed by atoms with Crippen molar-refractivity contribution in [3.8, 4) is 5.75 Å². The summed E-state index contributed by atoms with van der Waals surface area (Å²) in [5.74, 6) is 1.09. The molecule has 0 bridgehead atoms. The van der Waals surface area contributed by atoms with Crippen molar-refractivity contribution in [3.63, 3.8) is 0 Å². The van der Waals surface area contributed by atoms with Gasteiger partial charge in [-0.05, 0) is 49.8 Å². The van der Waals surface area contributed by atoms with Gasteiger partial charge in [0.25, 0.3) is 0 Å². The van der Waals surface area contributed by atoms with Gasteiger partial charge in [0.2, 0.25) is 0 Å². The number of ether oxygens (including phenoxy) is 1. The van der Waals surface area contributed by atoms with E-state index < -0.39 is 0 Å². The van der Waals surface area contributed by atoms with Crippen LogP contribution < -0.4 is 4.74 Å². The topological polar surface area (TPSA) is 29.5 Å². The van der Waals surface area contributed by atoms with E-state index in [1.807, 2.05) is 0 Å². The number of hydrogen-bond donors (Lipinski definition) is 1. The number of fused-ring (bicyclic) bond motifs is 1. The molecule has 19 heavy (non-hydrogen) atoms. The van der Waals surface area contributed by atoms with E-state index in [0.717, 1.165) is 43.4 Å². The van der Waals surface area contributed by atoms with Crippen LogP contribution in [0.3, 0.4) is 0 Å². The van der Waals surface area contributed by atoms with Crippen molar-refractivity contribution in [1.29, 1.82) is 0 Å². The molecule has 2 atom stereocenters. The zero-order valence-electron chi connectivity index (χ0n) is 11.1. The predicted octanol–water partition coefficient (Wildman–Crippen LogP) is 3.46. The van der Waals surface area contributed by atoms with Gasteiger partial charge in [0.15, 0.2) is 0 Å². The maximum Gasteiger partial charge on any atom is 0.123 e. The first-order valence-electron chi connectivity index (χ1n) is 7.35. The van der Waals surface area contributed by atoms with E-state index in [-0.39, 0.29) is 18.0 Å². The van der Waals surface area contributed by atoms with Gasteiger partial charge in [-0.2, -0.15) is 0 Å². The molecule has 3 rings (SSSR count). The average Bonchev–Trinajstić information content (AvgIpc) is 3.04. The van der Waals surface area contributed by atoms with E-state index in [2.05, 4.69) is 0 Å². The molecule has 0 saturated heterocycles. The molecular weight excluding hydrogens is 243 g/mol. The van der Waals surface area contributed by atoms with Crippen molar-refractivity contribution in [2.75, 3.05) is 0 Å². The van der Waals surface area contributed by atoms with Crippen LogP contribution in [0.5, 0.6) is 5.75 Å². The monoisotopic (exact) mass is 264 g/mol. The molecule has 2 nitrogen and oxygen atoms in total. The maximum atomic E-state index is 13.1. The lowest BCUT2D eigenvalue weighted by Crippen LogP contribution is -2.22. The van der Waals surface area contributed by atoms with Gasteiger partial charge in [-0.15, -0.1) is 0 Å². The van der Waals surface area contributed by atoms with Gasteiger partial charge in [0.05, 0.1) is 6.10 Å². The van der Waals surface area contributed by atoms with Crippen LogP contribution in [0.4, 0.5) is 4.39 Å². The number of aliphatic hydroxyl groups excluding tert-OH is 1. The molecule has 3 heteroatoms. The van der Waals surface area contributed by atoms with E-state index in [1.54, 1.807) is 12.1 Å². The smallest absolute Gasteiger partial charge is 0.123 e. The van der Waals surface area contributed by atoms with Crippen LogP contribution >= 0.6 is 0 Å². The molecule has 104 valence electrons. The maximum absolute atomic E-state index is 13.1. The number of halogens is 1. The van der Waals surface area contributed by atoms with E-state index >= 15 is 0 Å². The fraction of sp³-hybridized carbons (Fsp3) is 0.625. The van der Waals surface area contributed by atoms with E-state index in [9.17, 15) is 9.50 Å². The molecule has 1 heterocycles.